The smallest absolute Gasteiger partial charge is 0.303 e. The van der Waals surface area contributed by atoms with E-state index in [2.05, 4.69) is 0 Å². The lowest BCUT2D eigenvalue weighted by Crippen LogP contribution is -2.24. The first-order valence-electron chi connectivity index (χ1n) is 5.03. The fourth-order valence-corrected chi connectivity index (χ4v) is 2.27. The molecule has 0 amide bonds. The summed E-state index contributed by atoms with van der Waals surface area (Å²) >= 11 is 0. The van der Waals surface area contributed by atoms with Gasteiger partial charge < -0.3 is 10.2 Å². The Bertz CT molecular complexity index is 200. The molecule has 14 heavy (non-hydrogen) atoms. The lowest BCUT2D eigenvalue weighted by atomic mass is 9.76. The fraction of sp³-hybridized carbons (Fsp3) is 0.800. The highest BCUT2D eigenvalue weighted by Crippen LogP contribution is 2.34. The SMILES string of the molecule is O=C(O)C[C@H]1CCCC[C@@H]1CC(=O)O. The number of carboxylic acid groups (broad SMARTS) is 2. The van der Waals surface area contributed by atoms with Crippen LogP contribution in [0.5, 0.6) is 0 Å². The second-order valence-electron chi connectivity index (χ2n) is 4.00. The number of carbonyl (C=O) groups is 2. The average molecular weight is 200 g/mol. The van der Waals surface area contributed by atoms with Gasteiger partial charge in [-0.3, -0.25) is 9.59 Å². The maximum Gasteiger partial charge on any atom is 0.303 e. The molecule has 1 rings (SSSR count). The van der Waals surface area contributed by atoms with Crippen LogP contribution in [0.2, 0.25) is 0 Å². The molecular weight excluding hydrogens is 184 g/mol. The van der Waals surface area contributed by atoms with E-state index in [4.69, 9.17) is 10.2 Å². The van der Waals surface area contributed by atoms with Gasteiger partial charge in [0.15, 0.2) is 0 Å². The van der Waals surface area contributed by atoms with Crippen molar-refractivity contribution in [2.24, 2.45) is 11.8 Å². The Morgan fingerprint density at radius 1 is 0.929 bits per heavy atom. The van der Waals surface area contributed by atoms with Crippen LogP contribution in [-0.4, -0.2) is 22.2 Å². The van der Waals surface area contributed by atoms with Gasteiger partial charge in [0.1, 0.15) is 0 Å². The van der Waals surface area contributed by atoms with Crippen LogP contribution in [0.4, 0.5) is 0 Å². The Morgan fingerprint density at radius 2 is 1.29 bits per heavy atom. The first-order chi connectivity index (χ1) is 6.59. The van der Waals surface area contributed by atoms with E-state index in [0.29, 0.717) is 0 Å². The molecular formula is C10H16O4. The molecule has 0 aliphatic heterocycles. The molecule has 80 valence electrons. The normalized spacial score (nSPS) is 27.1. The van der Waals surface area contributed by atoms with E-state index >= 15 is 0 Å². The lowest BCUT2D eigenvalue weighted by Gasteiger charge is -2.29. The van der Waals surface area contributed by atoms with Crippen LogP contribution in [-0.2, 0) is 9.59 Å². The second-order valence-corrected chi connectivity index (χ2v) is 4.00. The largest absolute Gasteiger partial charge is 0.481 e. The van der Waals surface area contributed by atoms with Crippen LogP contribution >= 0.6 is 0 Å². The molecule has 0 aromatic heterocycles. The highest BCUT2D eigenvalue weighted by atomic mass is 16.4. The fourth-order valence-electron chi connectivity index (χ4n) is 2.27. The molecule has 1 fully saturated rings. The predicted molar refractivity (Wildman–Crippen MR) is 50.0 cm³/mol. The van der Waals surface area contributed by atoms with Crippen molar-refractivity contribution >= 4 is 11.9 Å². The molecule has 0 heterocycles. The maximum atomic E-state index is 10.6. The molecule has 0 bridgehead atoms. The first kappa shape index (κ1) is 11.0. The molecule has 4 heteroatoms. The Morgan fingerprint density at radius 3 is 1.57 bits per heavy atom. The van der Waals surface area contributed by atoms with Gasteiger partial charge in [0.2, 0.25) is 0 Å². The minimum absolute atomic E-state index is 0.0670. The van der Waals surface area contributed by atoms with E-state index in [-0.39, 0.29) is 24.7 Å². The zero-order chi connectivity index (χ0) is 10.6. The average Bonchev–Trinajstić information content (AvgIpc) is 2.06. The summed E-state index contributed by atoms with van der Waals surface area (Å²) in [6, 6.07) is 0. The van der Waals surface area contributed by atoms with E-state index < -0.39 is 11.9 Å². The zero-order valence-corrected chi connectivity index (χ0v) is 8.11. The number of carboxylic acids is 2. The molecule has 1 aliphatic carbocycles. The topological polar surface area (TPSA) is 74.6 Å². The first-order valence-corrected chi connectivity index (χ1v) is 5.03. The summed E-state index contributed by atoms with van der Waals surface area (Å²) in [6.07, 6.45) is 4.05. The Kier molecular flexibility index (Phi) is 3.92. The van der Waals surface area contributed by atoms with Crippen molar-refractivity contribution in [1.82, 2.24) is 0 Å². The van der Waals surface area contributed by atoms with Gasteiger partial charge in [-0.05, 0) is 24.7 Å². The van der Waals surface area contributed by atoms with E-state index in [9.17, 15) is 9.59 Å². The van der Waals surface area contributed by atoms with Gasteiger partial charge in [0.25, 0.3) is 0 Å². The quantitative estimate of drug-likeness (QED) is 0.724. The predicted octanol–water partition coefficient (Wildman–Crippen LogP) is 1.74. The van der Waals surface area contributed by atoms with Crippen molar-refractivity contribution in [3.63, 3.8) is 0 Å². The van der Waals surface area contributed by atoms with Crippen LogP contribution in [0.3, 0.4) is 0 Å². The van der Waals surface area contributed by atoms with Gasteiger partial charge in [-0.25, -0.2) is 0 Å². The summed E-state index contributed by atoms with van der Waals surface area (Å²) in [5, 5.41) is 17.3. The van der Waals surface area contributed by atoms with Crippen molar-refractivity contribution in [3.8, 4) is 0 Å². The van der Waals surface area contributed by atoms with Crippen LogP contribution in [0.1, 0.15) is 38.5 Å². The number of hydrogen-bond acceptors (Lipinski definition) is 2. The highest BCUT2D eigenvalue weighted by Gasteiger charge is 2.28. The van der Waals surface area contributed by atoms with Crippen LogP contribution in [0.15, 0.2) is 0 Å². The highest BCUT2D eigenvalue weighted by molar-refractivity contribution is 5.68. The maximum absolute atomic E-state index is 10.6. The molecule has 0 spiro atoms. The van der Waals surface area contributed by atoms with Crippen molar-refractivity contribution in [2.45, 2.75) is 38.5 Å². The Hall–Kier alpha value is -1.06. The van der Waals surface area contributed by atoms with Gasteiger partial charge in [-0.1, -0.05) is 12.8 Å². The lowest BCUT2D eigenvalue weighted by molar-refractivity contribution is -0.142. The number of rotatable bonds is 4. The molecule has 1 saturated carbocycles. The van der Waals surface area contributed by atoms with Crippen LogP contribution < -0.4 is 0 Å². The van der Waals surface area contributed by atoms with E-state index in [0.717, 1.165) is 25.7 Å². The van der Waals surface area contributed by atoms with Gasteiger partial charge >= 0.3 is 11.9 Å². The summed E-state index contributed by atoms with van der Waals surface area (Å²) < 4.78 is 0. The van der Waals surface area contributed by atoms with Crippen molar-refractivity contribution < 1.29 is 19.8 Å². The molecule has 2 atom stereocenters. The summed E-state index contributed by atoms with van der Waals surface area (Å²) in [5.74, 6) is -1.49. The standard InChI is InChI=1S/C10H16O4/c11-9(12)5-7-3-1-2-4-8(7)6-10(13)14/h7-8H,1-6H2,(H,11,12)(H,13,14)/t7-,8-/m1/s1. The van der Waals surface area contributed by atoms with Crippen LogP contribution in [0.25, 0.3) is 0 Å². The van der Waals surface area contributed by atoms with Crippen molar-refractivity contribution in [1.29, 1.82) is 0 Å². The summed E-state index contributed by atoms with van der Waals surface area (Å²) in [6.45, 7) is 0. The number of hydrogen-bond donors (Lipinski definition) is 2. The minimum Gasteiger partial charge on any atom is -0.481 e. The van der Waals surface area contributed by atoms with Crippen LogP contribution in [0, 0.1) is 11.8 Å². The summed E-state index contributed by atoms with van der Waals surface area (Å²) in [5.41, 5.74) is 0. The molecule has 0 aromatic carbocycles. The monoisotopic (exact) mass is 200 g/mol. The third-order valence-corrected chi connectivity index (χ3v) is 2.94. The molecule has 0 radical (unpaired) electrons. The third kappa shape index (κ3) is 3.36. The molecule has 4 nitrogen and oxygen atoms in total. The zero-order valence-electron chi connectivity index (χ0n) is 8.11. The van der Waals surface area contributed by atoms with Gasteiger partial charge in [0, 0.05) is 12.8 Å². The second kappa shape index (κ2) is 4.98. The summed E-state index contributed by atoms with van der Waals surface area (Å²) in [7, 11) is 0. The Labute approximate surface area is 82.9 Å². The van der Waals surface area contributed by atoms with Crippen molar-refractivity contribution in [2.75, 3.05) is 0 Å². The van der Waals surface area contributed by atoms with Gasteiger partial charge in [-0.15, -0.1) is 0 Å². The Balaban J connectivity index is 2.49. The molecule has 0 saturated heterocycles. The van der Waals surface area contributed by atoms with Crippen molar-refractivity contribution in [3.05, 3.63) is 0 Å². The summed E-state index contributed by atoms with van der Waals surface area (Å²) in [4.78, 5) is 21.1. The van der Waals surface area contributed by atoms with Gasteiger partial charge in [0.05, 0.1) is 0 Å². The van der Waals surface area contributed by atoms with Gasteiger partial charge in [-0.2, -0.15) is 0 Å². The minimum atomic E-state index is -0.813. The van der Waals surface area contributed by atoms with E-state index in [1.54, 1.807) is 0 Å². The molecule has 0 aromatic rings. The van der Waals surface area contributed by atoms with E-state index in [1.807, 2.05) is 0 Å². The third-order valence-electron chi connectivity index (χ3n) is 2.94. The molecule has 2 N–H and O–H groups in total. The number of aliphatic carboxylic acids is 2. The molecule has 0 unspecified atom stereocenters. The van der Waals surface area contributed by atoms with E-state index in [1.165, 1.54) is 0 Å². The molecule has 1 aliphatic rings.